The fraction of sp³-hybridized carbons (Fsp3) is 0.222. The summed E-state index contributed by atoms with van der Waals surface area (Å²) in [5, 5.41) is 0. The molecular weight excluding hydrogens is 312 g/mol. The number of rotatable bonds is 7. The van der Waals surface area contributed by atoms with Gasteiger partial charge in [-0.05, 0) is 30.3 Å². The van der Waals surface area contributed by atoms with Crippen LogP contribution in [0.15, 0.2) is 48.5 Å². The van der Waals surface area contributed by atoms with E-state index in [0.29, 0.717) is 12.4 Å². The molecule has 0 atom stereocenters. The standard InChI is InChI=1S/C18H18O6/c1-21-17(19)13-8-9-16(15(12-13)18(20)22-2)24-11-10-23-14-6-4-3-5-7-14/h3-9,12H,10-11H2,1-2H3. The Hall–Kier alpha value is -3.02. The number of benzene rings is 2. The molecule has 0 aliphatic heterocycles. The van der Waals surface area contributed by atoms with E-state index in [1.165, 1.54) is 32.4 Å². The molecule has 0 heterocycles. The van der Waals surface area contributed by atoms with E-state index in [4.69, 9.17) is 14.2 Å². The monoisotopic (exact) mass is 330 g/mol. The molecule has 2 aromatic carbocycles. The summed E-state index contributed by atoms with van der Waals surface area (Å²) < 4.78 is 20.4. The van der Waals surface area contributed by atoms with Crippen molar-refractivity contribution >= 4 is 11.9 Å². The smallest absolute Gasteiger partial charge is 0.341 e. The fourth-order valence-corrected chi connectivity index (χ4v) is 2.00. The largest absolute Gasteiger partial charge is 0.490 e. The minimum absolute atomic E-state index is 0.153. The van der Waals surface area contributed by atoms with E-state index in [-0.39, 0.29) is 17.7 Å². The summed E-state index contributed by atoms with van der Waals surface area (Å²) >= 11 is 0. The molecule has 0 aliphatic carbocycles. The van der Waals surface area contributed by atoms with Gasteiger partial charge in [-0.2, -0.15) is 0 Å². The molecule has 0 aromatic heterocycles. The number of carbonyl (C=O) groups excluding carboxylic acids is 2. The van der Waals surface area contributed by atoms with Gasteiger partial charge in [0.05, 0.1) is 19.8 Å². The van der Waals surface area contributed by atoms with Crippen molar-refractivity contribution in [1.29, 1.82) is 0 Å². The van der Waals surface area contributed by atoms with E-state index in [2.05, 4.69) is 4.74 Å². The lowest BCUT2D eigenvalue weighted by molar-refractivity contribution is 0.0594. The van der Waals surface area contributed by atoms with Crippen LogP contribution in [0.5, 0.6) is 11.5 Å². The molecule has 2 rings (SSSR count). The van der Waals surface area contributed by atoms with Gasteiger partial charge in [-0.3, -0.25) is 0 Å². The molecule has 0 radical (unpaired) electrons. The first-order valence-electron chi connectivity index (χ1n) is 7.27. The zero-order valence-corrected chi connectivity index (χ0v) is 13.5. The third-order valence-corrected chi connectivity index (χ3v) is 3.16. The van der Waals surface area contributed by atoms with Crippen molar-refractivity contribution in [3.8, 4) is 11.5 Å². The van der Waals surface area contributed by atoms with Crippen LogP contribution in [0.4, 0.5) is 0 Å². The lowest BCUT2D eigenvalue weighted by atomic mass is 10.1. The van der Waals surface area contributed by atoms with Gasteiger partial charge in [0.1, 0.15) is 30.3 Å². The van der Waals surface area contributed by atoms with Gasteiger partial charge >= 0.3 is 11.9 Å². The Morgan fingerprint density at radius 1 is 0.833 bits per heavy atom. The van der Waals surface area contributed by atoms with Crippen molar-refractivity contribution in [1.82, 2.24) is 0 Å². The molecule has 126 valence electrons. The molecule has 0 bridgehead atoms. The summed E-state index contributed by atoms with van der Waals surface area (Å²) in [6.45, 7) is 0.542. The summed E-state index contributed by atoms with van der Waals surface area (Å²) in [7, 11) is 2.53. The molecule has 24 heavy (non-hydrogen) atoms. The highest BCUT2D eigenvalue weighted by atomic mass is 16.5. The molecule has 0 N–H and O–H groups in total. The maximum Gasteiger partial charge on any atom is 0.341 e. The Kier molecular flexibility index (Phi) is 6.19. The molecule has 0 aliphatic rings. The van der Waals surface area contributed by atoms with Gasteiger partial charge in [0, 0.05) is 0 Å². The quantitative estimate of drug-likeness (QED) is 0.574. The van der Waals surface area contributed by atoms with Crippen LogP contribution in [0, 0.1) is 0 Å². The maximum absolute atomic E-state index is 11.9. The number of ether oxygens (including phenoxy) is 4. The van der Waals surface area contributed by atoms with Crippen LogP contribution in [-0.2, 0) is 9.47 Å². The lowest BCUT2D eigenvalue weighted by Gasteiger charge is -2.12. The SMILES string of the molecule is COC(=O)c1ccc(OCCOc2ccccc2)c(C(=O)OC)c1. The van der Waals surface area contributed by atoms with Gasteiger partial charge in [-0.25, -0.2) is 9.59 Å². The van der Waals surface area contributed by atoms with Gasteiger partial charge in [0.2, 0.25) is 0 Å². The normalized spacial score (nSPS) is 9.92. The summed E-state index contributed by atoms with van der Waals surface area (Å²) in [4.78, 5) is 23.4. The molecule has 6 heteroatoms. The first kappa shape index (κ1) is 17.3. The molecule has 0 saturated heterocycles. The number of hydrogen-bond acceptors (Lipinski definition) is 6. The minimum atomic E-state index is -0.597. The van der Waals surface area contributed by atoms with Crippen LogP contribution in [0.2, 0.25) is 0 Å². The lowest BCUT2D eigenvalue weighted by Crippen LogP contribution is -2.13. The Labute approximate surface area is 139 Å². The Bertz CT molecular complexity index is 696. The molecule has 2 aromatic rings. The molecule has 0 amide bonds. The third kappa shape index (κ3) is 4.49. The van der Waals surface area contributed by atoms with Crippen molar-refractivity contribution in [2.45, 2.75) is 0 Å². The zero-order valence-electron chi connectivity index (χ0n) is 13.5. The fourth-order valence-electron chi connectivity index (χ4n) is 2.00. The second kappa shape index (κ2) is 8.57. The van der Waals surface area contributed by atoms with E-state index in [1.807, 2.05) is 30.3 Å². The van der Waals surface area contributed by atoms with Gasteiger partial charge in [0.25, 0.3) is 0 Å². The predicted molar refractivity (Wildman–Crippen MR) is 86.6 cm³/mol. The highest BCUT2D eigenvalue weighted by molar-refractivity contribution is 5.97. The predicted octanol–water partition coefficient (Wildman–Crippen LogP) is 2.72. The molecule has 0 saturated carbocycles. The molecule has 0 spiro atoms. The Morgan fingerprint density at radius 3 is 2.17 bits per heavy atom. The summed E-state index contributed by atoms with van der Waals surface area (Å²) in [5.41, 5.74) is 0.394. The second-order valence-electron chi connectivity index (χ2n) is 4.70. The highest BCUT2D eigenvalue weighted by Crippen LogP contribution is 2.22. The van der Waals surface area contributed by atoms with Gasteiger partial charge < -0.3 is 18.9 Å². The van der Waals surface area contributed by atoms with E-state index in [1.54, 1.807) is 0 Å². The van der Waals surface area contributed by atoms with Crippen molar-refractivity contribution in [2.24, 2.45) is 0 Å². The topological polar surface area (TPSA) is 71.1 Å². The molecule has 6 nitrogen and oxygen atoms in total. The molecule has 0 fully saturated rings. The zero-order chi connectivity index (χ0) is 17.4. The van der Waals surface area contributed by atoms with Crippen molar-refractivity contribution in [3.05, 3.63) is 59.7 Å². The van der Waals surface area contributed by atoms with Gasteiger partial charge in [-0.15, -0.1) is 0 Å². The number of methoxy groups -OCH3 is 2. The van der Waals surface area contributed by atoms with Crippen LogP contribution in [0.3, 0.4) is 0 Å². The average Bonchev–Trinajstić information content (AvgIpc) is 2.64. The van der Waals surface area contributed by atoms with E-state index >= 15 is 0 Å². The Balaban J connectivity index is 2.03. The van der Waals surface area contributed by atoms with Crippen molar-refractivity contribution < 1.29 is 28.5 Å². The highest BCUT2D eigenvalue weighted by Gasteiger charge is 2.17. The molecular formula is C18H18O6. The first-order valence-corrected chi connectivity index (χ1v) is 7.27. The summed E-state index contributed by atoms with van der Waals surface area (Å²) in [6, 6.07) is 13.7. The van der Waals surface area contributed by atoms with Gasteiger partial charge in [-0.1, -0.05) is 18.2 Å². The number of esters is 2. The van der Waals surface area contributed by atoms with Crippen LogP contribution in [0.25, 0.3) is 0 Å². The molecule has 0 unspecified atom stereocenters. The van der Waals surface area contributed by atoms with Crippen LogP contribution < -0.4 is 9.47 Å². The number of carbonyl (C=O) groups is 2. The van der Waals surface area contributed by atoms with Gasteiger partial charge in [0.15, 0.2) is 0 Å². The minimum Gasteiger partial charge on any atom is -0.490 e. The van der Waals surface area contributed by atoms with Crippen LogP contribution in [-0.4, -0.2) is 39.4 Å². The summed E-state index contributed by atoms with van der Waals surface area (Å²) in [5.74, 6) is -0.0969. The Morgan fingerprint density at radius 2 is 1.50 bits per heavy atom. The van der Waals surface area contributed by atoms with Crippen molar-refractivity contribution in [2.75, 3.05) is 27.4 Å². The average molecular weight is 330 g/mol. The van der Waals surface area contributed by atoms with E-state index in [9.17, 15) is 9.59 Å². The van der Waals surface area contributed by atoms with Crippen LogP contribution in [0.1, 0.15) is 20.7 Å². The van der Waals surface area contributed by atoms with E-state index < -0.39 is 11.9 Å². The maximum atomic E-state index is 11.9. The van der Waals surface area contributed by atoms with Crippen molar-refractivity contribution in [3.63, 3.8) is 0 Å². The van der Waals surface area contributed by atoms with E-state index in [0.717, 1.165) is 5.75 Å². The first-order chi connectivity index (χ1) is 11.7. The number of hydrogen-bond donors (Lipinski definition) is 0. The number of para-hydroxylation sites is 1. The summed E-state index contributed by atoms with van der Waals surface area (Å²) in [6.07, 6.45) is 0. The van der Waals surface area contributed by atoms with Crippen LogP contribution >= 0.6 is 0 Å². The second-order valence-corrected chi connectivity index (χ2v) is 4.70. The third-order valence-electron chi connectivity index (χ3n) is 3.16.